The highest BCUT2D eigenvalue weighted by Gasteiger charge is 2.37. The van der Waals surface area contributed by atoms with Crippen molar-refractivity contribution in [2.24, 2.45) is 5.73 Å². The van der Waals surface area contributed by atoms with Crippen LogP contribution in [0.2, 0.25) is 0 Å². The van der Waals surface area contributed by atoms with E-state index in [0.29, 0.717) is 11.4 Å². The molecule has 0 amide bonds. The number of benzene rings is 1. The molecule has 0 bridgehead atoms. The van der Waals surface area contributed by atoms with Crippen LogP contribution in [-0.2, 0) is 22.9 Å². The maximum absolute atomic E-state index is 12.7. The molecule has 110 valence electrons. The maximum atomic E-state index is 12.7. The Morgan fingerprint density at radius 2 is 1.90 bits per heavy atom. The molecule has 2 atom stereocenters. The third-order valence-electron chi connectivity index (χ3n) is 4.68. The Bertz CT molecular complexity index is 612. The van der Waals surface area contributed by atoms with Crippen molar-refractivity contribution < 1.29 is 8.42 Å². The van der Waals surface area contributed by atoms with Gasteiger partial charge in [-0.05, 0) is 62.3 Å². The summed E-state index contributed by atoms with van der Waals surface area (Å²) in [6, 6.07) is 5.46. The molecule has 1 fully saturated rings. The second kappa shape index (κ2) is 5.13. The van der Waals surface area contributed by atoms with E-state index in [0.717, 1.165) is 25.7 Å². The van der Waals surface area contributed by atoms with Crippen LogP contribution in [0.1, 0.15) is 37.3 Å². The van der Waals surface area contributed by atoms with Gasteiger partial charge in [-0.3, -0.25) is 0 Å². The lowest BCUT2D eigenvalue weighted by atomic mass is 9.92. The molecular weight excluding hydrogens is 272 g/mol. The standard InChI is InChI=1S/C15H22N2O2S/c1-11-15(16)8-9-17(11)20(18,19)14-7-6-12-4-2-3-5-13(12)10-14/h6-7,10-11,15H,2-5,8-9,16H2,1H3. The average Bonchev–Trinajstić information content (AvgIpc) is 2.79. The van der Waals surface area contributed by atoms with E-state index < -0.39 is 10.0 Å². The summed E-state index contributed by atoms with van der Waals surface area (Å²) < 4.78 is 27.1. The van der Waals surface area contributed by atoms with Crippen molar-refractivity contribution in [1.82, 2.24) is 4.31 Å². The predicted octanol–water partition coefficient (Wildman–Crippen LogP) is 1.68. The van der Waals surface area contributed by atoms with Crippen molar-refractivity contribution in [3.05, 3.63) is 29.3 Å². The largest absolute Gasteiger partial charge is 0.326 e. The van der Waals surface area contributed by atoms with Crippen LogP contribution in [0.5, 0.6) is 0 Å². The highest BCUT2D eigenvalue weighted by molar-refractivity contribution is 7.89. The summed E-state index contributed by atoms with van der Waals surface area (Å²) in [6.45, 7) is 2.43. The van der Waals surface area contributed by atoms with Gasteiger partial charge in [0, 0.05) is 18.6 Å². The Morgan fingerprint density at radius 1 is 1.20 bits per heavy atom. The summed E-state index contributed by atoms with van der Waals surface area (Å²) in [4.78, 5) is 0.430. The fourth-order valence-electron chi connectivity index (χ4n) is 3.28. The Labute approximate surface area is 121 Å². The van der Waals surface area contributed by atoms with Gasteiger partial charge in [-0.25, -0.2) is 8.42 Å². The molecule has 2 aliphatic rings. The number of aryl methyl sites for hydroxylation is 2. The Morgan fingerprint density at radius 3 is 2.55 bits per heavy atom. The molecule has 3 rings (SSSR count). The minimum Gasteiger partial charge on any atom is -0.326 e. The van der Waals surface area contributed by atoms with Crippen LogP contribution >= 0.6 is 0 Å². The van der Waals surface area contributed by atoms with Crippen LogP contribution < -0.4 is 5.73 Å². The average molecular weight is 294 g/mol. The van der Waals surface area contributed by atoms with E-state index in [9.17, 15) is 8.42 Å². The lowest BCUT2D eigenvalue weighted by molar-refractivity contribution is 0.393. The zero-order valence-corrected chi connectivity index (χ0v) is 12.7. The Balaban J connectivity index is 1.95. The number of nitrogens with zero attached hydrogens (tertiary/aromatic N) is 1. The molecule has 1 heterocycles. The second-order valence-corrected chi connectivity index (χ2v) is 7.84. The van der Waals surface area contributed by atoms with Crippen LogP contribution in [0.4, 0.5) is 0 Å². The van der Waals surface area contributed by atoms with E-state index in [-0.39, 0.29) is 12.1 Å². The highest BCUT2D eigenvalue weighted by atomic mass is 32.2. The highest BCUT2D eigenvalue weighted by Crippen LogP contribution is 2.29. The van der Waals surface area contributed by atoms with Crippen molar-refractivity contribution >= 4 is 10.0 Å². The van der Waals surface area contributed by atoms with Gasteiger partial charge in [0.05, 0.1) is 4.90 Å². The van der Waals surface area contributed by atoms with Gasteiger partial charge in [0.25, 0.3) is 0 Å². The number of nitrogens with two attached hydrogens (primary N) is 1. The fraction of sp³-hybridized carbons (Fsp3) is 0.600. The van der Waals surface area contributed by atoms with Gasteiger partial charge in [0.1, 0.15) is 0 Å². The molecule has 1 aliphatic heterocycles. The molecule has 0 aromatic heterocycles. The first-order valence-electron chi connectivity index (χ1n) is 7.39. The van der Waals surface area contributed by atoms with Gasteiger partial charge in [-0.2, -0.15) is 4.31 Å². The lowest BCUT2D eigenvalue weighted by Gasteiger charge is -2.24. The Kier molecular flexibility index (Phi) is 3.60. The van der Waals surface area contributed by atoms with Crippen LogP contribution in [0.15, 0.2) is 23.1 Å². The monoisotopic (exact) mass is 294 g/mol. The number of hydrogen-bond acceptors (Lipinski definition) is 3. The van der Waals surface area contributed by atoms with Crippen molar-refractivity contribution in [2.45, 2.75) is 56.0 Å². The smallest absolute Gasteiger partial charge is 0.243 e. The molecule has 0 spiro atoms. The van der Waals surface area contributed by atoms with E-state index in [1.807, 2.05) is 19.1 Å². The normalized spacial score (nSPS) is 27.5. The zero-order valence-electron chi connectivity index (χ0n) is 11.9. The van der Waals surface area contributed by atoms with Crippen LogP contribution in [-0.4, -0.2) is 31.4 Å². The third-order valence-corrected chi connectivity index (χ3v) is 6.67. The molecule has 1 aromatic rings. The van der Waals surface area contributed by atoms with E-state index >= 15 is 0 Å². The summed E-state index contributed by atoms with van der Waals surface area (Å²) in [5.74, 6) is 0. The summed E-state index contributed by atoms with van der Waals surface area (Å²) in [6.07, 6.45) is 5.17. The quantitative estimate of drug-likeness (QED) is 0.902. The molecule has 0 saturated carbocycles. The molecule has 2 unspecified atom stereocenters. The molecule has 1 aliphatic carbocycles. The minimum absolute atomic E-state index is 0.0533. The van der Waals surface area contributed by atoms with Gasteiger partial charge in [-0.1, -0.05) is 6.07 Å². The summed E-state index contributed by atoms with van der Waals surface area (Å²) >= 11 is 0. The lowest BCUT2D eigenvalue weighted by Crippen LogP contribution is -2.40. The molecule has 2 N–H and O–H groups in total. The fourth-order valence-corrected chi connectivity index (χ4v) is 5.02. The Hall–Kier alpha value is -0.910. The molecule has 0 radical (unpaired) electrons. The molecule has 5 heteroatoms. The molecular formula is C15H22N2O2S. The predicted molar refractivity (Wildman–Crippen MR) is 79.0 cm³/mol. The minimum atomic E-state index is -3.40. The second-order valence-electron chi connectivity index (χ2n) is 5.95. The summed E-state index contributed by atoms with van der Waals surface area (Å²) in [5, 5.41) is 0. The van der Waals surface area contributed by atoms with Crippen molar-refractivity contribution in [3.8, 4) is 0 Å². The van der Waals surface area contributed by atoms with E-state index in [2.05, 4.69) is 0 Å². The van der Waals surface area contributed by atoms with Crippen molar-refractivity contribution in [3.63, 3.8) is 0 Å². The van der Waals surface area contributed by atoms with Crippen LogP contribution in [0.3, 0.4) is 0 Å². The first-order chi connectivity index (χ1) is 9.50. The van der Waals surface area contributed by atoms with E-state index in [4.69, 9.17) is 5.73 Å². The van der Waals surface area contributed by atoms with Crippen molar-refractivity contribution in [1.29, 1.82) is 0 Å². The first kappa shape index (κ1) is 14.0. The molecule has 1 aromatic carbocycles. The number of hydrogen-bond donors (Lipinski definition) is 1. The van der Waals surface area contributed by atoms with Gasteiger partial charge < -0.3 is 5.73 Å². The maximum Gasteiger partial charge on any atom is 0.243 e. The first-order valence-corrected chi connectivity index (χ1v) is 8.83. The van der Waals surface area contributed by atoms with E-state index in [1.54, 1.807) is 10.4 Å². The van der Waals surface area contributed by atoms with Gasteiger partial charge in [0.15, 0.2) is 0 Å². The third kappa shape index (κ3) is 2.28. The topological polar surface area (TPSA) is 63.4 Å². The van der Waals surface area contributed by atoms with Crippen molar-refractivity contribution in [2.75, 3.05) is 6.54 Å². The van der Waals surface area contributed by atoms with E-state index in [1.165, 1.54) is 17.5 Å². The van der Waals surface area contributed by atoms with Gasteiger partial charge >= 0.3 is 0 Å². The molecule has 4 nitrogen and oxygen atoms in total. The summed E-state index contributed by atoms with van der Waals surface area (Å²) in [7, 11) is -3.40. The van der Waals surface area contributed by atoms with Gasteiger partial charge in [-0.15, -0.1) is 0 Å². The van der Waals surface area contributed by atoms with Crippen LogP contribution in [0.25, 0.3) is 0 Å². The van der Waals surface area contributed by atoms with Crippen LogP contribution in [0, 0.1) is 0 Å². The number of fused-ring (bicyclic) bond motifs is 1. The SMILES string of the molecule is CC1C(N)CCN1S(=O)(=O)c1ccc2c(c1)CCCC2. The van der Waals surface area contributed by atoms with Gasteiger partial charge in [0.2, 0.25) is 10.0 Å². The number of rotatable bonds is 2. The molecule has 1 saturated heterocycles. The summed E-state index contributed by atoms with van der Waals surface area (Å²) in [5.41, 5.74) is 8.46. The zero-order chi connectivity index (χ0) is 14.3. The molecule has 20 heavy (non-hydrogen) atoms. The number of sulfonamides is 1.